The number of morpholine rings is 1. The molecular formula is C18H25N3O4. The molecule has 2 aliphatic rings. The van der Waals surface area contributed by atoms with Crippen molar-refractivity contribution in [2.45, 2.75) is 26.2 Å². The van der Waals surface area contributed by atoms with E-state index in [2.05, 4.69) is 11.8 Å². The van der Waals surface area contributed by atoms with Gasteiger partial charge in [-0.1, -0.05) is 6.92 Å². The molecule has 2 heterocycles. The topological polar surface area (TPSA) is 75.9 Å². The highest BCUT2D eigenvalue weighted by Crippen LogP contribution is 2.32. The van der Waals surface area contributed by atoms with Gasteiger partial charge in [0.1, 0.15) is 5.69 Å². The van der Waals surface area contributed by atoms with Gasteiger partial charge in [-0.15, -0.1) is 0 Å². The van der Waals surface area contributed by atoms with Crippen LogP contribution in [0.5, 0.6) is 0 Å². The van der Waals surface area contributed by atoms with Gasteiger partial charge in [0.2, 0.25) is 0 Å². The number of nitro groups is 1. The summed E-state index contributed by atoms with van der Waals surface area (Å²) in [6.45, 7) is 5.94. The summed E-state index contributed by atoms with van der Waals surface area (Å²) in [6, 6.07) is 4.89. The Morgan fingerprint density at radius 3 is 2.68 bits per heavy atom. The second-order valence-corrected chi connectivity index (χ2v) is 6.89. The third kappa shape index (κ3) is 4.10. The van der Waals surface area contributed by atoms with Gasteiger partial charge in [-0.05, 0) is 37.3 Å². The lowest BCUT2D eigenvalue weighted by Crippen LogP contribution is -2.40. The molecule has 1 atom stereocenters. The van der Waals surface area contributed by atoms with E-state index in [1.165, 1.54) is 6.07 Å². The molecule has 0 bridgehead atoms. The molecule has 7 nitrogen and oxygen atoms in total. The molecule has 0 saturated carbocycles. The number of anilines is 1. The maximum atomic E-state index is 12.6. The summed E-state index contributed by atoms with van der Waals surface area (Å²) in [5, 5.41) is 11.6. The number of nitro benzene ring substituents is 1. The molecule has 0 unspecified atom stereocenters. The van der Waals surface area contributed by atoms with Crippen LogP contribution in [0.15, 0.2) is 18.2 Å². The predicted octanol–water partition coefficient (Wildman–Crippen LogP) is 2.69. The third-order valence-corrected chi connectivity index (χ3v) is 5.07. The zero-order chi connectivity index (χ0) is 17.8. The van der Waals surface area contributed by atoms with Crippen LogP contribution in [0.4, 0.5) is 11.4 Å². The third-order valence-electron chi connectivity index (χ3n) is 5.07. The minimum Gasteiger partial charge on any atom is -0.378 e. The molecule has 2 aliphatic heterocycles. The summed E-state index contributed by atoms with van der Waals surface area (Å²) < 4.78 is 5.26. The molecule has 2 saturated heterocycles. The standard InChI is InChI=1S/C18H25N3O4/c1-14-3-2-7-19(8-6-14)16-5-4-15(13-17(16)21(23)24)18(22)20-9-11-25-12-10-20/h4-5,13-14H,2-3,6-12H2,1H3/t14-/m0/s1. The van der Waals surface area contributed by atoms with E-state index in [1.54, 1.807) is 17.0 Å². The fourth-order valence-corrected chi connectivity index (χ4v) is 3.52. The summed E-state index contributed by atoms with van der Waals surface area (Å²) in [7, 11) is 0. The maximum Gasteiger partial charge on any atom is 0.293 e. The minimum absolute atomic E-state index is 0.0219. The van der Waals surface area contributed by atoms with Crippen LogP contribution in [0.1, 0.15) is 36.5 Å². The Balaban J connectivity index is 1.85. The highest BCUT2D eigenvalue weighted by molar-refractivity contribution is 5.95. The minimum atomic E-state index is -0.375. The van der Waals surface area contributed by atoms with Gasteiger partial charge >= 0.3 is 0 Å². The van der Waals surface area contributed by atoms with E-state index < -0.39 is 0 Å². The Bertz CT molecular complexity index is 643. The number of nitrogens with zero attached hydrogens (tertiary/aromatic N) is 3. The molecule has 0 aromatic heterocycles. The van der Waals surface area contributed by atoms with Crippen LogP contribution in [-0.4, -0.2) is 55.1 Å². The van der Waals surface area contributed by atoms with E-state index >= 15 is 0 Å². The van der Waals surface area contributed by atoms with Crippen LogP contribution in [0.25, 0.3) is 0 Å². The number of benzene rings is 1. The second kappa shape index (κ2) is 7.82. The molecule has 2 fully saturated rings. The zero-order valence-electron chi connectivity index (χ0n) is 14.6. The average Bonchev–Trinajstić information content (AvgIpc) is 2.86. The lowest BCUT2D eigenvalue weighted by Gasteiger charge is -2.27. The van der Waals surface area contributed by atoms with Crippen LogP contribution >= 0.6 is 0 Å². The van der Waals surface area contributed by atoms with Crippen LogP contribution < -0.4 is 4.90 Å². The highest BCUT2D eigenvalue weighted by atomic mass is 16.6. The van der Waals surface area contributed by atoms with Crippen molar-refractivity contribution in [1.29, 1.82) is 0 Å². The summed E-state index contributed by atoms with van der Waals surface area (Å²) in [5.74, 6) is 0.480. The van der Waals surface area contributed by atoms with Gasteiger partial charge in [-0.2, -0.15) is 0 Å². The molecule has 136 valence electrons. The number of hydrogen-bond donors (Lipinski definition) is 0. The highest BCUT2D eigenvalue weighted by Gasteiger charge is 2.26. The molecule has 25 heavy (non-hydrogen) atoms. The monoisotopic (exact) mass is 347 g/mol. The van der Waals surface area contributed by atoms with Crippen molar-refractivity contribution in [3.05, 3.63) is 33.9 Å². The van der Waals surface area contributed by atoms with E-state index in [1.807, 2.05) is 0 Å². The van der Waals surface area contributed by atoms with Crippen molar-refractivity contribution in [3.8, 4) is 0 Å². The van der Waals surface area contributed by atoms with Gasteiger partial charge in [0, 0.05) is 37.8 Å². The average molecular weight is 347 g/mol. The lowest BCUT2D eigenvalue weighted by atomic mass is 10.0. The summed E-state index contributed by atoms with van der Waals surface area (Å²) in [5.41, 5.74) is 1.02. The van der Waals surface area contributed by atoms with E-state index in [0.717, 1.165) is 32.4 Å². The first-order valence-corrected chi connectivity index (χ1v) is 8.96. The van der Waals surface area contributed by atoms with E-state index in [0.29, 0.717) is 43.5 Å². The first-order valence-electron chi connectivity index (χ1n) is 8.96. The van der Waals surface area contributed by atoms with E-state index in [4.69, 9.17) is 4.74 Å². The van der Waals surface area contributed by atoms with Crippen molar-refractivity contribution < 1.29 is 14.5 Å². The second-order valence-electron chi connectivity index (χ2n) is 6.89. The van der Waals surface area contributed by atoms with Gasteiger partial charge in [0.25, 0.3) is 11.6 Å². The molecule has 0 aliphatic carbocycles. The molecule has 0 N–H and O–H groups in total. The number of carbonyl (C=O) groups excluding carboxylic acids is 1. The van der Waals surface area contributed by atoms with Crippen molar-refractivity contribution >= 4 is 17.3 Å². The number of carbonyl (C=O) groups is 1. The molecule has 1 aromatic carbocycles. The molecular weight excluding hydrogens is 322 g/mol. The van der Waals surface area contributed by atoms with Crippen molar-refractivity contribution in [2.24, 2.45) is 5.92 Å². The molecule has 1 amide bonds. The van der Waals surface area contributed by atoms with Crippen LogP contribution in [0.2, 0.25) is 0 Å². The molecule has 1 aromatic rings. The Morgan fingerprint density at radius 1 is 1.20 bits per heavy atom. The summed E-state index contributed by atoms with van der Waals surface area (Å²) in [4.78, 5) is 27.6. The fraction of sp³-hybridized carbons (Fsp3) is 0.611. The zero-order valence-corrected chi connectivity index (χ0v) is 14.6. The smallest absolute Gasteiger partial charge is 0.293 e. The first-order chi connectivity index (χ1) is 12.1. The molecule has 0 radical (unpaired) electrons. The van der Waals surface area contributed by atoms with Gasteiger partial charge in [-0.3, -0.25) is 14.9 Å². The number of rotatable bonds is 3. The Hall–Kier alpha value is -2.15. The van der Waals surface area contributed by atoms with E-state index in [-0.39, 0.29) is 16.5 Å². The Morgan fingerprint density at radius 2 is 1.96 bits per heavy atom. The number of ether oxygens (including phenoxy) is 1. The first kappa shape index (κ1) is 17.7. The number of amides is 1. The van der Waals surface area contributed by atoms with Gasteiger partial charge < -0.3 is 14.5 Å². The van der Waals surface area contributed by atoms with Crippen LogP contribution in [-0.2, 0) is 4.74 Å². The molecule has 3 rings (SSSR count). The Kier molecular flexibility index (Phi) is 5.53. The lowest BCUT2D eigenvalue weighted by molar-refractivity contribution is -0.384. The molecule has 7 heteroatoms. The largest absolute Gasteiger partial charge is 0.378 e. The normalized spacial score (nSPS) is 21.7. The van der Waals surface area contributed by atoms with Gasteiger partial charge in [-0.25, -0.2) is 0 Å². The van der Waals surface area contributed by atoms with Crippen LogP contribution in [0, 0.1) is 16.0 Å². The van der Waals surface area contributed by atoms with Crippen molar-refractivity contribution in [2.75, 3.05) is 44.3 Å². The summed E-state index contributed by atoms with van der Waals surface area (Å²) in [6.07, 6.45) is 3.22. The van der Waals surface area contributed by atoms with Crippen LogP contribution in [0.3, 0.4) is 0 Å². The summed E-state index contributed by atoms with van der Waals surface area (Å²) >= 11 is 0. The maximum absolute atomic E-state index is 12.6. The van der Waals surface area contributed by atoms with Gasteiger partial charge in [0.05, 0.1) is 18.1 Å². The Labute approximate surface area is 147 Å². The van der Waals surface area contributed by atoms with Crippen molar-refractivity contribution in [3.63, 3.8) is 0 Å². The van der Waals surface area contributed by atoms with E-state index in [9.17, 15) is 14.9 Å². The predicted molar refractivity (Wildman–Crippen MR) is 95.0 cm³/mol. The number of hydrogen-bond acceptors (Lipinski definition) is 5. The SMILES string of the molecule is C[C@H]1CCCN(c2ccc(C(=O)N3CCOCC3)cc2[N+](=O)[O-])CC1. The van der Waals surface area contributed by atoms with Crippen molar-refractivity contribution in [1.82, 2.24) is 4.90 Å². The quantitative estimate of drug-likeness (QED) is 0.621. The van der Waals surface area contributed by atoms with Gasteiger partial charge in [0.15, 0.2) is 0 Å². The fourth-order valence-electron chi connectivity index (χ4n) is 3.52. The molecule has 0 spiro atoms.